The first-order chi connectivity index (χ1) is 6.09. The van der Waals surface area contributed by atoms with Gasteiger partial charge in [-0.05, 0) is 23.8 Å². The topological polar surface area (TPSA) is 37.3 Å². The van der Waals surface area contributed by atoms with Gasteiger partial charge in [-0.1, -0.05) is 29.3 Å². The maximum Gasteiger partial charge on any atom is 0.328 e. The molecule has 0 aliphatic heterocycles. The summed E-state index contributed by atoms with van der Waals surface area (Å²) in [4.78, 5) is 10.2. The summed E-state index contributed by atoms with van der Waals surface area (Å²) in [5, 5.41) is 9.32. The van der Waals surface area contributed by atoms with E-state index in [2.05, 4.69) is 0 Å². The second-order valence-electron chi connectivity index (χ2n) is 2.34. The van der Waals surface area contributed by atoms with E-state index in [1.807, 2.05) is 0 Å². The van der Waals surface area contributed by atoms with E-state index in [-0.39, 0.29) is 0 Å². The number of carbonyl (C=O) groups is 1. The predicted molar refractivity (Wildman–Crippen MR) is 53.1 cm³/mol. The van der Waals surface area contributed by atoms with E-state index in [9.17, 15) is 4.79 Å². The van der Waals surface area contributed by atoms with Crippen molar-refractivity contribution in [1.82, 2.24) is 0 Å². The predicted octanol–water partition coefficient (Wildman–Crippen LogP) is 3.09. The van der Waals surface area contributed by atoms with Gasteiger partial charge < -0.3 is 5.11 Å². The molecule has 2 nitrogen and oxygen atoms in total. The molecule has 68 valence electrons. The number of hydrogen-bond acceptors (Lipinski definition) is 1. The van der Waals surface area contributed by atoms with Gasteiger partial charge in [0.2, 0.25) is 0 Å². The summed E-state index contributed by atoms with van der Waals surface area (Å²) in [6, 6.07) is 4.86. The fourth-order valence-corrected chi connectivity index (χ4v) is 1.27. The summed E-state index contributed by atoms with van der Waals surface area (Å²) in [6.07, 6.45) is 2.44. The first-order valence-electron chi connectivity index (χ1n) is 3.45. The zero-order valence-corrected chi connectivity index (χ0v) is 8.01. The molecule has 0 radical (unpaired) electrons. The molecule has 1 rings (SSSR count). The standard InChI is InChI=1S/C9H6Cl2O2/c10-7-3-1-6(8(11)5-7)2-4-9(12)13/h1-5H,(H,12,13)/b4-2+. The van der Waals surface area contributed by atoms with E-state index in [1.54, 1.807) is 18.2 Å². The highest BCUT2D eigenvalue weighted by atomic mass is 35.5. The third-order valence-corrected chi connectivity index (χ3v) is 1.93. The summed E-state index contributed by atoms with van der Waals surface area (Å²) in [5.41, 5.74) is 0.633. The van der Waals surface area contributed by atoms with E-state index in [1.165, 1.54) is 6.08 Å². The Balaban J connectivity index is 2.96. The van der Waals surface area contributed by atoms with Gasteiger partial charge in [0.15, 0.2) is 0 Å². The van der Waals surface area contributed by atoms with Gasteiger partial charge in [0.25, 0.3) is 0 Å². The van der Waals surface area contributed by atoms with E-state index < -0.39 is 5.97 Å². The van der Waals surface area contributed by atoms with Crippen LogP contribution in [0, 0.1) is 0 Å². The van der Waals surface area contributed by atoms with Crippen LogP contribution in [0.15, 0.2) is 24.3 Å². The molecule has 0 aromatic heterocycles. The van der Waals surface area contributed by atoms with Crippen molar-refractivity contribution in [2.45, 2.75) is 0 Å². The van der Waals surface area contributed by atoms with Crippen LogP contribution in [0.2, 0.25) is 10.0 Å². The average molecular weight is 217 g/mol. The van der Waals surface area contributed by atoms with Gasteiger partial charge in [-0.25, -0.2) is 4.79 Å². The molecule has 13 heavy (non-hydrogen) atoms. The van der Waals surface area contributed by atoms with E-state index in [4.69, 9.17) is 28.3 Å². The van der Waals surface area contributed by atoms with Gasteiger partial charge in [-0.15, -0.1) is 0 Å². The lowest BCUT2D eigenvalue weighted by Gasteiger charge is -1.97. The second-order valence-corrected chi connectivity index (χ2v) is 3.18. The highest BCUT2D eigenvalue weighted by Crippen LogP contribution is 2.21. The zero-order valence-electron chi connectivity index (χ0n) is 6.50. The normalized spacial score (nSPS) is 10.6. The molecule has 0 atom stereocenters. The smallest absolute Gasteiger partial charge is 0.328 e. The lowest BCUT2D eigenvalue weighted by atomic mass is 10.2. The summed E-state index contributed by atoms with van der Waals surface area (Å²) in [6.45, 7) is 0. The van der Waals surface area contributed by atoms with Gasteiger partial charge in [0, 0.05) is 16.1 Å². The Labute approximate surface area is 85.4 Å². The Morgan fingerprint density at radius 1 is 1.38 bits per heavy atom. The molecule has 1 aromatic carbocycles. The minimum atomic E-state index is -1.01. The monoisotopic (exact) mass is 216 g/mol. The lowest BCUT2D eigenvalue weighted by Crippen LogP contribution is -1.85. The van der Waals surface area contributed by atoms with E-state index >= 15 is 0 Å². The highest BCUT2D eigenvalue weighted by molar-refractivity contribution is 6.35. The number of rotatable bonds is 2. The molecule has 4 heteroatoms. The van der Waals surface area contributed by atoms with E-state index in [0.717, 1.165) is 6.08 Å². The van der Waals surface area contributed by atoms with Crippen LogP contribution in [-0.4, -0.2) is 11.1 Å². The zero-order chi connectivity index (χ0) is 9.84. The van der Waals surface area contributed by atoms with Crippen molar-refractivity contribution in [3.8, 4) is 0 Å². The largest absolute Gasteiger partial charge is 0.478 e. The van der Waals surface area contributed by atoms with Crippen LogP contribution in [0.3, 0.4) is 0 Å². The van der Waals surface area contributed by atoms with Gasteiger partial charge >= 0.3 is 5.97 Å². The summed E-state index contributed by atoms with van der Waals surface area (Å²) < 4.78 is 0. The third-order valence-electron chi connectivity index (χ3n) is 1.37. The maximum absolute atomic E-state index is 10.2. The quantitative estimate of drug-likeness (QED) is 0.772. The summed E-state index contributed by atoms with van der Waals surface area (Å²) in [7, 11) is 0. The molecule has 0 saturated carbocycles. The maximum atomic E-state index is 10.2. The Hall–Kier alpha value is -0.990. The number of benzene rings is 1. The van der Waals surface area contributed by atoms with E-state index in [0.29, 0.717) is 15.6 Å². The fraction of sp³-hybridized carbons (Fsp3) is 0. The van der Waals surface area contributed by atoms with Crippen molar-refractivity contribution in [2.75, 3.05) is 0 Å². The lowest BCUT2D eigenvalue weighted by molar-refractivity contribution is -0.131. The molecule has 1 N–H and O–H groups in total. The Morgan fingerprint density at radius 3 is 2.62 bits per heavy atom. The van der Waals surface area contributed by atoms with Crippen LogP contribution in [0.25, 0.3) is 6.08 Å². The Morgan fingerprint density at radius 2 is 2.08 bits per heavy atom. The molecule has 0 aliphatic rings. The van der Waals surface area contributed by atoms with Crippen molar-refractivity contribution in [2.24, 2.45) is 0 Å². The van der Waals surface area contributed by atoms with Gasteiger partial charge in [-0.3, -0.25) is 0 Å². The number of aliphatic carboxylic acids is 1. The van der Waals surface area contributed by atoms with Gasteiger partial charge in [0.1, 0.15) is 0 Å². The van der Waals surface area contributed by atoms with Crippen LogP contribution in [0.4, 0.5) is 0 Å². The molecule has 0 spiro atoms. The van der Waals surface area contributed by atoms with Crippen LogP contribution in [0.1, 0.15) is 5.56 Å². The summed E-state index contributed by atoms with van der Waals surface area (Å²) in [5.74, 6) is -1.01. The molecule has 0 fully saturated rings. The van der Waals surface area contributed by atoms with Crippen LogP contribution >= 0.6 is 23.2 Å². The summed E-state index contributed by atoms with van der Waals surface area (Å²) >= 11 is 11.4. The van der Waals surface area contributed by atoms with Crippen molar-refractivity contribution < 1.29 is 9.90 Å². The first kappa shape index (κ1) is 10.1. The van der Waals surface area contributed by atoms with Crippen molar-refractivity contribution in [3.63, 3.8) is 0 Å². The molecular formula is C9H6Cl2O2. The molecule has 0 unspecified atom stereocenters. The average Bonchev–Trinajstić information content (AvgIpc) is 2.02. The van der Waals surface area contributed by atoms with Crippen LogP contribution in [-0.2, 0) is 4.79 Å². The number of hydrogen-bond donors (Lipinski definition) is 1. The van der Waals surface area contributed by atoms with Crippen molar-refractivity contribution in [3.05, 3.63) is 39.9 Å². The molecule has 0 bridgehead atoms. The number of carboxylic acid groups (broad SMARTS) is 1. The molecule has 0 heterocycles. The Kier molecular flexibility index (Phi) is 3.34. The van der Waals surface area contributed by atoms with Crippen LogP contribution in [0.5, 0.6) is 0 Å². The molecule has 0 amide bonds. The van der Waals surface area contributed by atoms with Crippen LogP contribution < -0.4 is 0 Å². The van der Waals surface area contributed by atoms with Crippen molar-refractivity contribution >= 4 is 35.2 Å². The number of carboxylic acids is 1. The molecule has 0 aliphatic carbocycles. The molecule has 1 aromatic rings. The molecule has 0 saturated heterocycles. The minimum Gasteiger partial charge on any atom is -0.478 e. The highest BCUT2D eigenvalue weighted by Gasteiger charge is 1.97. The second kappa shape index (κ2) is 4.30. The SMILES string of the molecule is O=C(O)/C=C/c1ccc(Cl)cc1Cl. The number of halogens is 2. The third kappa shape index (κ3) is 3.09. The molecular weight excluding hydrogens is 211 g/mol. The minimum absolute atomic E-state index is 0.435. The first-order valence-corrected chi connectivity index (χ1v) is 4.21. The fourth-order valence-electron chi connectivity index (χ4n) is 0.798. The van der Waals surface area contributed by atoms with Gasteiger partial charge in [-0.2, -0.15) is 0 Å². The van der Waals surface area contributed by atoms with Gasteiger partial charge in [0.05, 0.1) is 0 Å². The Bertz CT molecular complexity index is 359. The van der Waals surface area contributed by atoms with Crippen molar-refractivity contribution in [1.29, 1.82) is 0 Å².